The van der Waals surface area contributed by atoms with Crippen LogP contribution in [0.25, 0.3) is 0 Å². The van der Waals surface area contributed by atoms with Gasteiger partial charge in [-0.05, 0) is 43.0 Å². The monoisotopic (exact) mass is 255 g/mol. The van der Waals surface area contributed by atoms with Crippen molar-refractivity contribution >= 4 is 16.7 Å². The Kier molecular flexibility index (Phi) is 3.93. The van der Waals surface area contributed by atoms with Crippen molar-refractivity contribution in [2.75, 3.05) is 32.0 Å². The van der Waals surface area contributed by atoms with Crippen molar-refractivity contribution in [3.05, 3.63) is 0 Å². The summed E-state index contributed by atoms with van der Waals surface area (Å²) < 4.78 is 3.76. The molecule has 1 aromatic rings. The summed E-state index contributed by atoms with van der Waals surface area (Å²) in [7, 11) is 2.21. The van der Waals surface area contributed by atoms with Crippen molar-refractivity contribution in [1.29, 1.82) is 0 Å². The van der Waals surface area contributed by atoms with Crippen LogP contribution in [0.5, 0.6) is 0 Å². The molecule has 2 heterocycles. The van der Waals surface area contributed by atoms with Crippen LogP contribution < -0.4 is 5.32 Å². The molecule has 5 nitrogen and oxygen atoms in total. The van der Waals surface area contributed by atoms with Crippen LogP contribution in [0.4, 0.5) is 5.13 Å². The molecule has 1 aliphatic heterocycles. The molecule has 0 aromatic carbocycles. The normalized spacial score (nSPS) is 22.6. The Morgan fingerprint density at radius 3 is 3.00 bits per heavy atom. The van der Waals surface area contributed by atoms with Crippen LogP contribution in [-0.4, -0.2) is 46.4 Å². The van der Waals surface area contributed by atoms with Gasteiger partial charge < -0.3 is 10.2 Å². The Hall–Kier alpha value is -0.750. The molecule has 6 heteroatoms. The summed E-state index contributed by atoms with van der Waals surface area (Å²) in [4.78, 5) is 2.43. The highest BCUT2D eigenvalue weighted by Crippen LogP contribution is 2.33. The van der Waals surface area contributed by atoms with Crippen LogP contribution in [0, 0.1) is 11.3 Å². The maximum absolute atomic E-state index is 3.92. The fraction of sp³-hybridized carbons (Fsp3) is 0.909. The van der Waals surface area contributed by atoms with Gasteiger partial charge in [0, 0.05) is 24.6 Å². The number of aromatic nitrogens is 3. The van der Waals surface area contributed by atoms with Gasteiger partial charge in [0.15, 0.2) is 0 Å². The summed E-state index contributed by atoms with van der Waals surface area (Å²) in [5.74, 6) is 0.745. The summed E-state index contributed by atoms with van der Waals surface area (Å²) in [5, 5.41) is 11.7. The second-order valence-corrected chi connectivity index (χ2v) is 6.34. The Bertz CT molecular complexity index is 338. The van der Waals surface area contributed by atoms with E-state index in [2.05, 4.69) is 45.9 Å². The summed E-state index contributed by atoms with van der Waals surface area (Å²) in [6.45, 7) is 8.03. The summed E-state index contributed by atoms with van der Waals surface area (Å²) >= 11 is 1.32. The average molecular weight is 255 g/mol. The van der Waals surface area contributed by atoms with Crippen LogP contribution >= 0.6 is 11.5 Å². The van der Waals surface area contributed by atoms with E-state index >= 15 is 0 Å². The zero-order valence-corrected chi connectivity index (χ0v) is 11.6. The zero-order chi connectivity index (χ0) is 12.3. The lowest BCUT2D eigenvalue weighted by atomic mass is 9.74. The molecule has 1 fully saturated rings. The highest BCUT2D eigenvalue weighted by Gasteiger charge is 2.32. The molecule has 1 aromatic heterocycles. The number of nitrogens with zero attached hydrogens (tertiary/aromatic N) is 4. The molecule has 1 atom stereocenters. The molecule has 1 unspecified atom stereocenters. The van der Waals surface area contributed by atoms with Crippen LogP contribution in [0.15, 0.2) is 0 Å². The van der Waals surface area contributed by atoms with Crippen molar-refractivity contribution in [2.24, 2.45) is 11.3 Å². The highest BCUT2D eigenvalue weighted by atomic mass is 32.1. The van der Waals surface area contributed by atoms with E-state index in [1.807, 2.05) is 0 Å². The first-order chi connectivity index (χ1) is 8.08. The standard InChI is InChI=1S/C11H21N5S/c1-11(2,8-12-10-13-14-15-17-10)9-5-4-6-16(3)7-9/h9H,4-8H2,1-3H3,(H,12,13,15). The van der Waals surface area contributed by atoms with Gasteiger partial charge in [0.25, 0.3) is 0 Å². The van der Waals surface area contributed by atoms with Crippen molar-refractivity contribution < 1.29 is 0 Å². The molecule has 0 amide bonds. The van der Waals surface area contributed by atoms with E-state index in [1.54, 1.807) is 0 Å². The Morgan fingerprint density at radius 1 is 1.53 bits per heavy atom. The van der Waals surface area contributed by atoms with Gasteiger partial charge in [0.05, 0.1) is 0 Å². The molecule has 0 aliphatic carbocycles. The number of rotatable bonds is 4. The molecular formula is C11H21N5S. The molecule has 0 radical (unpaired) electrons. The van der Waals surface area contributed by atoms with Gasteiger partial charge in [-0.1, -0.05) is 23.4 Å². The predicted octanol–water partition coefficient (Wildman–Crippen LogP) is 1.71. The zero-order valence-electron chi connectivity index (χ0n) is 10.8. The summed E-state index contributed by atoms with van der Waals surface area (Å²) in [6, 6.07) is 0. The Morgan fingerprint density at radius 2 is 2.35 bits per heavy atom. The van der Waals surface area contributed by atoms with Crippen molar-refractivity contribution in [1.82, 2.24) is 19.7 Å². The number of hydrogen-bond acceptors (Lipinski definition) is 6. The second kappa shape index (κ2) is 5.27. The minimum atomic E-state index is 0.278. The highest BCUT2D eigenvalue weighted by molar-refractivity contribution is 7.09. The molecule has 0 saturated carbocycles. The van der Waals surface area contributed by atoms with E-state index < -0.39 is 0 Å². The van der Waals surface area contributed by atoms with E-state index in [4.69, 9.17) is 0 Å². The molecule has 1 aliphatic rings. The fourth-order valence-corrected chi connectivity index (χ4v) is 2.81. The van der Waals surface area contributed by atoms with Gasteiger partial charge in [-0.15, -0.1) is 0 Å². The first kappa shape index (κ1) is 12.7. The number of nitrogens with one attached hydrogen (secondary N) is 1. The van der Waals surface area contributed by atoms with E-state index in [0.29, 0.717) is 0 Å². The Balaban J connectivity index is 1.88. The van der Waals surface area contributed by atoms with Crippen LogP contribution in [0.1, 0.15) is 26.7 Å². The lowest BCUT2D eigenvalue weighted by Gasteiger charge is -2.40. The number of hydrogen-bond donors (Lipinski definition) is 1. The summed E-state index contributed by atoms with van der Waals surface area (Å²) in [5.41, 5.74) is 0.278. The van der Waals surface area contributed by atoms with Crippen LogP contribution in [0.2, 0.25) is 0 Å². The van der Waals surface area contributed by atoms with E-state index in [-0.39, 0.29) is 5.41 Å². The first-order valence-electron chi connectivity index (χ1n) is 6.15. The largest absolute Gasteiger partial charge is 0.358 e. The topological polar surface area (TPSA) is 53.9 Å². The molecular weight excluding hydrogens is 234 g/mol. The van der Waals surface area contributed by atoms with E-state index in [0.717, 1.165) is 17.6 Å². The minimum absolute atomic E-state index is 0.278. The predicted molar refractivity (Wildman–Crippen MR) is 70.2 cm³/mol. The molecule has 0 spiro atoms. The number of piperidine rings is 1. The average Bonchev–Trinajstić information content (AvgIpc) is 2.79. The smallest absolute Gasteiger partial charge is 0.225 e. The quantitative estimate of drug-likeness (QED) is 0.887. The number of anilines is 1. The number of likely N-dealkylation sites (tertiary alicyclic amines) is 1. The molecule has 17 heavy (non-hydrogen) atoms. The van der Waals surface area contributed by atoms with Gasteiger partial charge in [-0.25, -0.2) is 0 Å². The van der Waals surface area contributed by atoms with Gasteiger partial charge >= 0.3 is 0 Å². The third-order valence-corrected chi connectivity index (χ3v) is 4.28. The van der Waals surface area contributed by atoms with E-state index in [1.165, 1.54) is 37.5 Å². The van der Waals surface area contributed by atoms with Gasteiger partial charge in [0.1, 0.15) is 0 Å². The van der Waals surface area contributed by atoms with Crippen LogP contribution in [-0.2, 0) is 0 Å². The third-order valence-electron chi connectivity index (χ3n) is 3.72. The summed E-state index contributed by atoms with van der Waals surface area (Å²) in [6.07, 6.45) is 2.64. The third kappa shape index (κ3) is 3.35. The lowest BCUT2D eigenvalue weighted by molar-refractivity contribution is 0.113. The SMILES string of the molecule is CN1CCCC(C(C)(C)CNc2nnns2)C1. The molecule has 1 N–H and O–H groups in total. The Labute approximate surface area is 107 Å². The van der Waals surface area contributed by atoms with Gasteiger partial charge in [0.2, 0.25) is 5.13 Å². The molecule has 1 saturated heterocycles. The van der Waals surface area contributed by atoms with Gasteiger partial charge in [-0.3, -0.25) is 0 Å². The molecule has 2 rings (SSSR count). The minimum Gasteiger partial charge on any atom is -0.358 e. The molecule has 96 valence electrons. The maximum Gasteiger partial charge on any atom is 0.225 e. The molecule has 0 bridgehead atoms. The lowest BCUT2D eigenvalue weighted by Crippen LogP contribution is -2.42. The second-order valence-electron chi connectivity index (χ2n) is 5.61. The van der Waals surface area contributed by atoms with Gasteiger partial charge in [-0.2, -0.15) is 0 Å². The van der Waals surface area contributed by atoms with Crippen molar-refractivity contribution in [3.63, 3.8) is 0 Å². The van der Waals surface area contributed by atoms with E-state index in [9.17, 15) is 0 Å². The maximum atomic E-state index is 3.92. The van der Waals surface area contributed by atoms with Crippen molar-refractivity contribution in [2.45, 2.75) is 26.7 Å². The first-order valence-corrected chi connectivity index (χ1v) is 6.93. The van der Waals surface area contributed by atoms with Crippen molar-refractivity contribution in [3.8, 4) is 0 Å². The fourth-order valence-electron chi connectivity index (χ4n) is 2.45. The van der Waals surface area contributed by atoms with Crippen LogP contribution in [0.3, 0.4) is 0 Å².